The third-order valence-electron chi connectivity index (χ3n) is 4.28. The molecule has 7 heteroatoms. The summed E-state index contributed by atoms with van der Waals surface area (Å²) >= 11 is 0. The Kier molecular flexibility index (Phi) is 5.38. The van der Waals surface area contributed by atoms with Crippen LogP contribution in [0.2, 0.25) is 0 Å². The van der Waals surface area contributed by atoms with Crippen molar-refractivity contribution in [3.8, 4) is 11.5 Å². The van der Waals surface area contributed by atoms with Gasteiger partial charge in [-0.3, -0.25) is 14.8 Å². The molecule has 1 aliphatic heterocycles. The molecule has 0 aromatic heterocycles. The van der Waals surface area contributed by atoms with Gasteiger partial charge in [-0.15, -0.1) is 0 Å². The fraction of sp³-hybridized carbons (Fsp3) is 0.263. The van der Waals surface area contributed by atoms with Gasteiger partial charge >= 0.3 is 0 Å². The lowest BCUT2D eigenvalue weighted by molar-refractivity contribution is -0.131. The van der Waals surface area contributed by atoms with Gasteiger partial charge in [-0.25, -0.2) is 5.48 Å². The Morgan fingerprint density at radius 3 is 2.69 bits per heavy atom. The summed E-state index contributed by atoms with van der Waals surface area (Å²) in [7, 11) is 1.60. The van der Waals surface area contributed by atoms with Crippen LogP contribution in [0, 0.1) is 0 Å². The van der Waals surface area contributed by atoms with Crippen LogP contribution in [-0.4, -0.2) is 42.2 Å². The Morgan fingerprint density at radius 2 is 2.00 bits per heavy atom. The molecule has 0 unspecified atom stereocenters. The Balaban J connectivity index is 1.71. The Morgan fingerprint density at radius 1 is 1.23 bits per heavy atom. The zero-order chi connectivity index (χ0) is 18.5. The van der Waals surface area contributed by atoms with Crippen molar-refractivity contribution in [3.63, 3.8) is 0 Å². The molecule has 2 amide bonds. The molecule has 0 radical (unpaired) electrons. The lowest BCUT2D eigenvalue weighted by Gasteiger charge is -2.20. The predicted molar refractivity (Wildman–Crippen MR) is 93.3 cm³/mol. The third-order valence-corrected chi connectivity index (χ3v) is 4.28. The van der Waals surface area contributed by atoms with Crippen molar-refractivity contribution in [3.05, 3.63) is 59.2 Å². The predicted octanol–water partition coefficient (Wildman–Crippen LogP) is 1.78. The lowest BCUT2D eigenvalue weighted by atomic mass is 10.1. The van der Waals surface area contributed by atoms with Crippen LogP contribution in [0.3, 0.4) is 0 Å². The minimum Gasteiger partial charge on any atom is -0.497 e. The molecule has 7 nitrogen and oxygen atoms in total. The second kappa shape index (κ2) is 7.88. The average molecular weight is 356 g/mol. The van der Waals surface area contributed by atoms with Gasteiger partial charge in [0.2, 0.25) is 5.91 Å². The minimum atomic E-state index is -0.604. The fourth-order valence-electron chi connectivity index (χ4n) is 2.82. The number of benzene rings is 2. The molecule has 0 spiro atoms. The standard InChI is InChI=1S/C19H20N2O5/c1-25-16-6-2-13(3-7-16)10-18(22)21-8-9-26-17-11-14(19(23)20-24)4-5-15(17)12-21/h2-7,11,24H,8-10,12H2,1H3,(H,20,23). The molecule has 0 aliphatic carbocycles. The molecular formula is C19H20N2O5. The molecule has 2 N–H and O–H groups in total. The maximum Gasteiger partial charge on any atom is 0.274 e. The smallest absolute Gasteiger partial charge is 0.274 e. The first-order valence-electron chi connectivity index (χ1n) is 8.21. The van der Waals surface area contributed by atoms with Crippen LogP contribution in [0.1, 0.15) is 21.5 Å². The number of hydroxylamine groups is 1. The van der Waals surface area contributed by atoms with E-state index in [4.69, 9.17) is 14.7 Å². The molecular weight excluding hydrogens is 336 g/mol. The minimum absolute atomic E-state index is 0.00351. The zero-order valence-electron chi connectivity index (χ0n) is 14.4. The number of nitrogens with zero attached hydrogens (tertiary/aromatic N) is 1. The Hall–Kier alpha value is -3.06. The van der Waals surface area contributed by atoms with Crippen molar-refractivity contribution in [2.45, 2.75) is 13.0 Å². The number of rotatable bonds is 4. The second-order valence-corrected chi connectivity index (χ2v) is 5.95. The van der Waals surface area contributed by atoms with E-state index in [-0.39, 0.29) is 5.91 Å². The summed E-state index contributed by atoms with van der Waals surface area (Å²) in [6.07, 6.45) is 0.296. The van der Waals surface area contributed by atoms with E-state index in [0.717, 1.165) is 16.9 Å². The van der Waals surface area contributed by atoms with Gasteiger partial charge in [-0.1, -0.05) is 18.2 Å². The first-order chi connectivity index (χ1) is 12.6. The van der Waals surface area contributed by atoms with E-state index < -0.39 is 5.91 Å². The molecule has 0 atom stereocenters. The van der Waals surface area contributed by atoms with Gasteiger partial charge in [-0.2, -0.15) is 0 Å². The maximum absolute atomic E-state index is 12.6. The van der Waals surface area contributed by atoms with Gasteiger partial charge in [0.15, 0.2) is 0 Å². The van der Waals surface area contributed by atoms with E-state index in [1.165, 1.54) is 0 Å². The van der Waals surface area contributed by atoms with Crippen LogP contribution in [0.4, 0.5) is 0 Å². The summed E-state index contributed by atoms with van der Waals surface area (Å²) in [5.41, 5.74) is 3.63. The average Bonchev–Trinajstić information content (AvgIpc) is 2.89. The quantitative estimate of drug-likeness (QED) is 0.644. The van der Waals surface area contributed by atoms with E-state index in [2.05, 4.69) is 0 Å². The SMILES string of the molecule is COc1ccc(CC(=O)N2CCOc3cc(C(=O)NO)ccc3C2)cc1. The van der Waals surface area contributed by atoms with E-state index in [1.54, 1.807) is 35.7 Å². The molecule has 2 aromatic carbocycles. The van der Waals surface area contributed by atoms with Gasteiger partial charge in [0, 0.05) is 17.7 Å². The summed E-state index contributed by atoms with van der Waals surface area (Å²) in [5.74, 6) is 0.698. The number of amides is 2. The van der Waals surface area contributed by atoms with Crippen molar-refractivity contribution >= 4 is 11.8 Å². The van der Waals surface area contributed by atoms with Crippen molar-refractivity contribution < 1.29 is 24.3 Å². The van der Waals surface area contributed by atoms with Gasteiger partial charge in [0.25, 0.3) is 5.91 Å². The van der Waals surface area contributed by atoms with Crippen LogP contribution >= 0.6 is 0 Å². The third kappa shape index (κ3) is 3.94. The molecule has 2 aromatic rings. The summed E-state index contributed by atoms with van der Waals surface area (Å²) in [5, 5.41) is 8.73. The van der Waals surface area contributed by atoms with Crippen LogP contribution in [-0.2, 0) is 17.8 Å². The van der Waals surface area contributed by atoms with E-state index in [9.17, 15) is 9.59 Å². The van der Waals surface area contributed by atoms with Crippen molar-refractivity contribution in [2.24, 2.45) is 0 Å². The first kappa shape index (κ1) is 17.8. The van der Waals surface area contributed by atoms with Gasteiger partial charge in [-0.05, 0) is 29.8 Å². The molecule has 0 saturated heterocycles. The number of hydrogen-bond donors (Lipinski definition) is 2. The Labute approximate surface area is 151 Å². The zero-order valence-corrected chi connectivity index (χ0v) is 14.4. The molecule has 1 heterocycles. The molecule has 3 rings (SSSR count). The van der Waals surface area contributed by atoms with Crippen molar-refractivity contribution in [1.29, 1.82) is 0 Å². The van der Waals surface area contributed by atoms with Crippen LogP contribution in [0.5, 0.6) is 11.5 Å². The molecule has 26 heavy (non-hydrogen) atoms. The lowest BCUT2D eigenvalue weighted by Crippen LogP contribution is -2.33. The van der Waals surface area contributed by atoms with E-state index in [0.29, 0.717) is 37.4 Å². The largest absolute Gasteiger partial charge is 0.497 e. The van der Waals surface area contributed by atoms with Gasteiger partial charge in [0.1, 0.15) is 18.1 Å². The molecule has 136 valence electrons. The van der Waals surface area contributed by atoms with Crippen LogP contribution in [0.15, 0.2) is 42.5 Å². The summed E-state index contributed by atoms with van der Waals surface area (Å²) < 4.78 is 10.8. The number of fused-ring (bicyclic) bond motifs is 1. The normalized spacial score (nSPS) is 13.2. The second-order valence-electron chi connectivity index (χ2n) is 5.95. The van der Waals surface area contributed by atoms with Crippen molar-refractivity contribution in [1.82, 2.24) is 10.4 Å². The molecule has 0 fully saturated rings. The summed E-state index contributed by atoms with van der Waals surface area (Å²) in [6.45, 7) is 1.21. The summed E-state index contributed by atoms with van der Waals surface area (Å²) in [6, 6.07) is 12.3. The van der Waals surface area contributed by atoms with Crippen LogP contribution < -0.4 is 15.0 Å². The highest BCUT2D eigenvalue weighted by Crippen LogP contribution is 2.25. The van der Waals surface area contributed by atoms with E-state index >= 15 is 0 Å². The highest BCUT2D eigenvalue weighted by atomic mass is 16.5. The topological polar surface area (TPSA) is 88.1 Å². The number of nitrogens with one attached hydrogen (secondary N) is 1. The number of ether oxygens (including phenoxy) is 2. The monoisotopic (exact) mass is 356 g/mol. The Bertz CT molecular complexity index is 804. The van der Waals surface area contributed by atoms with Gasteiger partial charge in [0.05, 0.1) is 20.1 Å². The summed E-state index contributed by atoms with van der Waals surface area (Å²) in [4.78, 5) is 25.9. The molecule has 1 aliphatic rings. The van der Waals surface area contributed by atoms with Crippen LogP contribution in [0.25, 0.3) is 0 Å². The highest BCUT2D eigenvalue weighted by Gasteiger charge is 2.21. The first-order valence-corrected chi connectivity index (χ1v) is 8.21. The van der Waals surface area contributed by atoms with Crippen molar-refractivity contribution in [2.75, 3.05) is 20.3 Å². The maximum atomic E-state index is 12.6. The van der Waals surface area contributed by atoms with Gasteiger partial charge < -0.3 is 14.4 Å². The number of methoxy groups -OCH3 is 1. The number of carbonyl (C=O) groups is 2. The molecule has 0 bridgehead atoms. The van der Waals surface area contributed by atoms with E-state index in [1.807, 2.05) is 24.3 Å². The molecule has 0 saturated carbocycles. The fourth-order valence-corrected chi connectivity index (χ4v) is 2.82. The highest BCUT2D eigenvalue weighted by molar-refractivity contribution is 5.93. The number of carbonyl (C=O) groups excluding carboxylic acids is 2. The number of hydrogen-bond acceptors (Lipinski definition) is 5.